The summed E-state index contributed by atoms with van der Waals surface area (Å²) in [4.78, 5) is 14.4. The molecule has 1 saturated heterocycles. The number of carbonyl (C=O) groups excluding carboxylic acids is 1. The molecule has 0 spiro atoms. The zero-order valence-corrected chi connectivity index (χ0v) is 15.9. The molecule has 0 bridgehead atoms. The predicted molar refractivity (Wildman–Crippen MR) is 99.2 cm³/mol. The van der Waals surface area contributed by atoms with Crippen LogP contribution in [0, 0.1) is 0 Å². The van der Waals surface area contributed by atoms with Crippen LogP contribution in [0.4, 0.5) is 4.79 Å². The average Bonchev–Trinajstić information content (AvgIpc) is 2.83. The van der Waals surface area contributed by atoms with E-state index in [1.807, 2.05) is 58.9 Å². The first-order chi connectivity index (χ1) is 11.6. The highest BCUT2D eigenvalue weighted by atomic mass is 16.6. The standard InChI is InChI=1S/C20H30N2O3/c1-7-16(21-13-15-11-9-8-10-12-15)17-14-24-20(5,6)22(17)18(23)25-19(2,3)4/h7-12,16-17,21H,1,13-14H2,2-6H3/t16-,17+/m0/s1. The third-order valence-corrected chi connectivity index (χ3v) is 4.16. The van der Waals surface area contributed by atoms with Gasteiger partial charge in [0.05, 0.1) is 12.6 Å². The zero-order valence-electron chi connectivity index (χ0n) is 15.9. The molecule has 1 aromatic rings. The van der Waals surface area contributed by atoms with E-state index in [2.05, 4.69) is 24.0 Å². The lowest BCUT2D eigenvalue weighted by Gasteiger charge is -2.37. The Morgan fingerprint density at radius 3 is 2.64 bits per heavy atom. The van der Waals surface area contributed by atoms with Gasteiger partial charge in [0.25, 0.3) is 0 Å². The van der Waals surface area contributed by atoms with E-state index in [1.165, 1.54) is 5.56 Å². The Morgan fingerprint density at radius 2 is 2.08 bits per heavy atom. The number of ether oxygens (including phenoxy) is 2. The number of benzene rings is 1. The van der Waals surface area contributed by atoms with Gasteiger partial charge in [-0.15, -0.1) is 6.58 Å². The summed E-state index contributed by atoms with van der Waals surface area (Å²) < 4.78 is 11.5. The fraction of sp³-hybridized carbons (Fsp3) is 0.550. The van der Waals surface area contributed by atoms with Crippen LogP contribution >= 0.6 is 0 Å². The minimum absolute atomic E-state index is 0.102. The van der Waals surface area contributed by atoms with Crippen LogP contribution in [0.25, 0.3) is 0 Å². The first-order valence-corrected chi connectivity index (χ1v) is 8.70. The van der Waals surface area contributed by atoms with Gasteiger partial charge in [-0.25, -0.2) is 4.79 Å². The third kappa shape index (κ3) is 5.06. The number of rotatable bonds is 5. The molecule has 5 nitrogen and oxygen atoms in total. The van der Waals surface area contributed by atoms with Crippen LogP contribution in [0.1, 0.15) is 40.2 Å². The summed E-state index contributed by atoms with van der Waals surface area (Å²) in [7, 11) is 0. The van der Waals surface area contributed by atoms with Crippen molar-refractivity contribution in [1.82, 2.24) is 10.2 Å². The molecular formula is C20H30N2O3. The fourth-order valence-corrected chi connectivity index (χ4v) is 2.97. The van der Waals surface area contributed by atoms with Crippen molar-refractivity contribution in [3.05, 3.63) is 48.6 Å². The van der Waals surface area contributed by atoms with Gasteiger partial charge in [-0.3, -0.25) is 4.90 Å². The molecule has 138 valence electrons. The number of hydrogen-bond donors (Lipinski definition) is 1. The Hall–Kier alpha value is -1.85. The lowest BCUT2D eigenvalue weighted by molar-refractivity contribution is -0.0631. The molecule has 1 heterocycles. The van der Waals surface area contributed by atoms with E-state index in [9.17, 15) is 4.79 Å². The summed E-state index contributed by atoms with van der Waals surface area (Å²) in [6.45, 7) is 14.4. The van der Waals surface area contributed by atoms with Crippen molar-refractivity contribution in [3.8, 4) is 0 Å². The van der Waals surface area contributed by atoms with E-state index >= 15 is 0 Å². The first kappa shape index (κ1) is 19.5. The van der Waals surface area contributed by atoms with Crippen LogP contribution < -0.4 is 5.32 Å². The minimum Gasteiger partial charge on any atom is -0.444 e. The van der Waals surface area contributed by atoms with E-state index in [0.29, 0.717) is 13.2 Å². The summed E-state index contributed by atoms with van der Waals surface area (Å²) >= 11 is 0. The molecule has 0 unspecified atom stereocenters. The molecule has 0 radical (unpaired) electrons. The van der Waals surface area contributed by atoms with E-state index in [-0.39, 0.29) is 18.2 Å². The number of nitrogens with one attached hydrogen (secondary N) is 1. The van der Waals surface area contributed by atoms with Crippen molar-refractivity contribution in [1.29, 1.82) is 0 Å². The third-order valence-electron chi connectivity index (χ3n) is 4.16. The minimum atomic E-state index is -0.720. The molecule has 1 fully saturated rings. The SMILES string of the molecule is C=C[C@H](NCc1ccccc1)[C@H]1COC(C)(C)N1C(=O)OC(C)(C)C. The molecule has 1 aliphatic rings. The number of amides is 1. The highest BCUT2D eigenvalue weighted by molar-refractivity contribution is 5.70. The van der Waals surface area contributed by atoms with Crippen LogP contribution in [0.2, 0.25) is 0 Å². The van der Waals surface area contributed by atoms with Crippen molar-refractivity contribution in [2.24, 2.45) is 0 Å². The van der Waals surface area contributed by atoms with Crippen LogP contribution in [0.5, 0.6) is 0 Å². The van der Waals surface area contributed by atoms with E-state index < -0.39 is 11.3 Å². The molecule has 1 aliphatic heterocycles. The van der Waals surface area contributed by atoms with Crippen molar-refractivity contribution in [2.45, 2.75) is 64.6 Å². The number of carbonyl (C=O) groups is 1. The smallest absolute Gasteiger partial charge is 0.412 e. The van der Waals surface area contributed by atoms with Gasteiger partial charge in [0.15, 0.2) is 0 Å². The largest absolute Gasteiger partial charge is 0.444 e. The lowest BCUT2D eigenvalue weighted by Crippen LogP contribution is -2.55. The Morgan fingerprint density at radius 1 is 1.44 bits per heavy atom. The maximum Gasteiger partial charge on any atom is 0.412 e. The average molecular weight is 346 g/mol. The van der Waals surface area contributed by atoms with Crippen LogP contribution in [0.3, 0.4) is 0 Å². The quantitative estimate of drug-likeness (QED) is 0.826. The maximum atomic E-state index is 12.7. The highest BCUT2D eigenvalue weighted by Crippen LogP contribution is 2.31. The Labute approximate surface area is 151 Å². The monoisotopic (exact) mass is 346 g/mol. The molecular weight excluding hydrogens is 316 g/mol. The van der Waals surface area contributed by atoms with Crippen LogP contribution in [0.15, 0.2) is 43.0 Å². The molecule has 5 heteroatoms. The van der Waals surface area contributed by atoms with E-state index in [0.717, 1.165) is 0 Å². The summed E-state index contributed by atoms with van der Waals surface area (Å²) in [5.41, 5.74) is -0.0965. The molecule has 0 saturated carbocycles. The molecule has 2 atom stereocenters. The fourth-order valence-electron chi connectivity index (χ4n) is 2.97. The second-order valence-corrected chi connectivity index (χ2v) is 7.80. The van der Waals surface area contributed by atoms with Gasteiger partial charge >= 0.3 is 6.09 Å². The van der Waals surface area contributed by atoms with Gasteiger partial charge in [0, 0.05) is 12.6 Å². The van der Waals surface area contributed by atoms with Crippen LogP contribution in [-0.2, 0) is 16.0 Å². The number of hydrogen-bond acceptors (Lipinski definition) is 4. The Bertz CT molecular complexity index is 593. The van der Waals surface area contributed by atoms with E-state index in [1.54, 1.807) is 4.90 Å². The molecule has 25 heavy (non-hydrogen) atoms. The second kappa shape index (κ2) is 7.58. The Kier molecular flexibility index (Phi) is 5.91. The first-order valence-electron chi connectivity index (χ1n) is 8.70. The molecule has 1 aromatic carbocycles. The summed E-state index contributed by atoms with van der Waals surface area (Å²) in [6, 6.07) is 9.86. The predicted octanol–water partition coefficient (Wildman–Crippen LogP) is 3.70. The lowest BCUT2D eigenvalue weighted by atomic mass is 10.1. The summed E-state index contributed by atoms with van der Waals surface area (Å²) in [5, 5.41) is 3.47. The topological polar surface area (TPSA) is 50.8 Å². The molecule has 0 aliphatic carbocycles. The van der Waals surface area contributed by atoms with Crippen molar-refractivity contribution >= 4 is 6.09 Å². The molecule has 0 aromatic heterocycles. The summed E-state index contributed by atoms with van der Waals surface area (Å²) in [5.74, 6) is 0. The van der Waals surface area contributed by atoms with Crippen molar-refractivity contribution in [3.63, 3.8) is 0 Å². The highest BCUT2D eigenvalue weighted by Gasteiger charge is 2.47. The number of nitrogens with zero attached hydrogens (tertiary/aromatic N) is 1. The van der Waals surface area contributed by atoms with Gasteiger partial charge in [-0.05, 0) is 40.2 Å². The zero-order chi connectivity index (χ0) is 18.7. The van der Waals surface area contributed by atoms with Crippen molar-refractivity contribution < 1.29 is 14.3 Å². The second-order valence-electron chi connectivity index (χ2n) is 7.80. The van der Waals surface area contributed by atoms with Gasteiger partial charge in [0.2, 0.25) is 0 Å². The summed E-state index contributed by atoms with van der Waals surface area (Å²) in [6.07, 6.45) is 1.46. The van der Waals surface area contributed by atoms with Crippen LogP contribution in [-0.4, -0.2) is 41.0 Å². The van der Waals surface area contributed by atoms with Gasteiger partial charge in [-0.2, -0.15) is 0 Å². The molecule has 1 N–H and O–H groups in total. The van der Waals surface area contributed by atoms with Crippen molar-refractivity contribution in [2.75, 3.05) is 6.61 Å². The normalized spacial score (nSPS) is 21.0. The van der Waals surface area contributed by atoms with Gasteiger partial charge in [0.1, 0.15) is 11.3 Å². The van der Waals surface area contributed by atoms with Gasteiger partial charge in [-0.1, -0.05) is 36.4 Å². The molecule has 1 amide bonds. The van der Waals surface area contributed by atoms with E-state index in [4.69, 9.17) is 9.47 Å². The maximum absolute atomic E-state index is 12.7. The van der Waals surface area contributed by atoms with Gasteiger partial charge < -0.3 is 14.8 Å². The Balaban J connectivity index is 2.12. The molecule has 2 rings (SSSR count).